The molecule has 2 unspecified atom stereocenters. The zero-order chi connectivity index (χ0) is 15.0. The molecule has 0 aliphatic heterocycles. The molecular weight excluding hydrogens is 250 g/mol. The van der Waals surface area contributed by atoms with E-state index in [1.807, 2.05) is 24.3 Å². The number of unbranched alkanes of at least 4 members (excludes halogenated alkanes) is 2. The fourth-order valence-corrected chi connectivity index (χ4v) is 2.36. The van der Waals surface area contributed by atoms with Gasteiger partial charge in [-0.1, -0.05) is 45.7 Å². The third kappa shape index (κ3) is 5.14. The van der Waals surface area contributed by atoms with Crippen molar-refractivity contribution < 1.29 is 9.84 Å². The minimum absolute atomic E-state index is 0.0836. The molecular formula is C17H29NO2. The van der Waals surface area contributed by atoms with Gasteiger partial charge >= 0.3 is 0 Å². The topological polar surface area (TPSA) is 41.5 Å². The molecule has 0 saturated heterocycles. The summed E-state index contributed by atoms with van der Waals surface area (Å²) in [5, 5.41) is 14.1. The highest BCUT2D eigenvalue weighted by atomic mass is 16.5. The summed E-state index contributed by atoms with van der Waals surface area (Å²) in [4.78, 5) is 0. The second-order valence-corrected chi connectivity index (χ2v) is 5.65. The highest BCUT2D eigenvalue weighted by Crippen LogP contribution is 2.24. The lowest BCUT2D eigenvalue weighted by atomic mass is 9.93. The molecule has 1 aromatic carbocycles. The van der Waals surface area contributed by atoms with E-state index in [2.05, 4.69) is 26.1 Å². The first-order valence-electron chi connectivity index (χ1n) is 7.65. The van der Waals surface area contributed by atoms with E-state index in [0.29, 0.717) is 5.92 Å². The molecule has 1 rings (SSSR count). The molecule has 3 nitrogen and oxygen atoms in total. The van der Waals surface area contributed by atoms with Crippen molar-refractivity contribution in [3.8, 4) is 5.75 Å². The fraction of sp³-hybridized carbons (Fsp3) is 0.647. The minimum Gasteiger partial charge on any atom is -0.497 e. The molecule has 0 fully saturated rings. The molecule has 3 heteroatoms. The summed E-state index contributed by atoms with van der Waals surface area (Å²) >= 11 is 0. The summed E-state index contributed by atoms with van der Waals surface area (Å²) in [5.74, 6) is 1.20. The maximum atomic E-state index is 10.6. The van der Waals surface area contributed by atoms with Crippen LogP contribution in [0.3, 0.4) is 0 Å². The third-order valence-electron chi connectivity index (χ3n) is 3.68. The average molecular weight is 279 g/mol. The maximum Gasteiger partial charge on any atom is 0.118 e. The van der Waals surface area contributed by atoms with Crippen LogP contribution in [0.15, 0.2) is 24.3 Å². The van der Waals surface area contributed by atoms with Crippen LogP contribution in [0.1, 0.15) is 51.7 Å². The normalized spacial score (nSPS) is 14.3. The molecule has 2 atom stereocenters. The number of methoxy groups -OCH3 is 1. The molecule has 0 radical (unpaired) electrons. The lowest BCUT2D eigenvalue weighted by Gasteiger charge is -2.28. The first-order valence-corrected chi connectivity index (χ1v) is 7.65. The Morgan fingerprint density at radius 1 is 1.15 bits per heavy atom. The largest absolute Gasteiger partial charge is 0.497 e. The van der Waals surface area contributed by atoms with Gasteiger partial charge in [0.2, 0.25) is 0 Å². The smallest absolute Gasteiger partial charge is 0.118 e. The number of benzene rings is 1. The summed E-state index contributed by atoms with van der Waals surface area (Å²) in [7, 11) is 1.65. The van der Waals surface area contributed by atoms with Crippen molar-refractivity contribution in [2.24, 2.45) is 5.92 Å². The molecule has 0 bridgehead atoms. The van der Waals surface area contributed by atoms with Crippen LogP contribution < -0.4 is 10.1 Å². The van der Waals surface area contributed by atoms with E-state index in [-0.39, 0.29) is 6.04 Å². The van der Waals surface area contributed by atoms with E-state index in [9.17, 15) is 5.11 Å². The molecule has 0 amide bonds. The molecule has 0 saturated carbocycles. The molecule has 0 aromatic heterocycles. The predicted octanol–water partition coefficient (Wildman–Crippen LogP) is 3.53. The van der Waals surface area contributed by atoms with Gasteiger partial charge in [0.05, 0.1) is 13.2 Å². The zero-order valence-corrected chi connectivity index (χ0v) is 13.2. The van der Waals surface area contributed by atoms with Crippen molar-refractivity contribution in [3.05, 3.63) is 29.8 Å². The van der Waals surface area contributed by atoms with Crippen molar-refractivity contribution in [3.63, 3.8) is 0 Å². The summed E-state index contributed by atoms with van der Waals surface area (Å²) in [6.45, 7) is 7.45. The SMILES string of the molecule is CCCCCNC(C(C)C)C(O)c1ccc(OC)cc1. The Hall–Kier alpha value is -1.06. The third-order valence-corrected chi connectivity index (χ3v) is 3.68. The van der Waals surface area contributed by atoms with E-state index in [1.54, 1.807) is 7.11 Å². The number of ether oxygens (including phenoxy) is 1. The molecule has 114 valence electrons. The van der Waals surface area contributed by atoms with Crippen molar-refractivity contribution >= 4 is 0 Å². The van der Waals surface area contributed by atoms with Crippen LogP contribution in [0.25, 0.3) is 0 Å². The van der Waals surface area contributed by atoms with Gasteiger partial charge in [0.25, 0.3) is 0 Å². The van der Waals surface area contributed by atoms with Gasteiger partial charge in [-0.15, -0.1) is 0 Å². The lowest BCUT2D eigenvalue weighted by molar-refractivity contribution is 0.105. The lowest BCUT2D eigenvalue weighted by Crippen LogP contribution is -2.39. The molecule has 20 heavy (non-hydrogen) atoms. The number of hydrogen-bond donors (Lipinski definition) is 2. The quantitative estimate of drug-likeness (QED) is 0.679. The molecule has 0 heterocycles. The number of hydrogen-bond acceptors (Lipinski definition) is 3. The maximum absolute atomic E-state index is 10.6. The van der Waals surface area contributed by atoms with Crippen LogP contribution in [0.2, 0.25) is 0 Å². The second kappa shape index (κ2) is 8.98. The predicted molar refractivity (Wildman–Crippen MR) is 84.1 cm³/mol. The van der Waals surface area contributed by atoms with E-state index in [0.717, 1.165) is 24.3 Å². The van der Waals surface area contributed by atoms with E-state index < -0.39 is 6.10 Å². The Bertz CT molecular complexity index is 362. The van der Waals surface area contributed by atoms with E-state index in [4.69, 9.17) is 4.74 Å². The average Bonchev–Trinajstić information content (AvgIpc) is 2.46. The van der Waals surface area contributed by atoms with Crippen LogP contribution in [-0.2, 0) is 0 Å². The summed E-state index contributed by atoms with van der Waals surface area (Å²) in [6, 6.07) is 7.75. The Morgan fingerprint density at radius 3 is 2.30 bits per heavy atom. The van der Waals surface area contributed by atoms with E-state index >= 15 is 0 Å². The highest BCUT2D eigenvalue weighted by Gasteiger charge is 2.23. The van der Waals surface area contributed by atoms with Crippen molar-refractivity contribution in [2.45, 2.75) is 52.2 Å². The summed E-state index contributed by atoms with van der Waals surface area (Å²) < 4.78 is 5.15. The first-order chi connectivity index (χ1) is 9.60. The van der Waals surface area contributed by atoms with Gasteiger partial charge in [-0.05, 0) is 36.6 Å². The standard InChI is InChI=1S/C17H29NO2/c1-5-6-7-12-18-16(13(2)3)17(19)14-8-10-15(20-4)11-9-14/h8-11,13,16-19H,5-7,12H2,1-4H3. The van der Waals surface area contributed by atoms with Gasteiger partial charge in [-0.2, -0.15) is 0 Å². The Balaban J connectivity index is 2.64. The van der Waals surface area contributed by atoms with Crippen molar-refractivity contribution in [1.29, 1.82) is 0 Å². The van der Waals surface area contributed by atoms with Gasteiger partial charge in [-0.3, -0.25) is 0 Å². The Morgan fingerprint density at radius 2 is 1.80 bits per heavy atom. The van der Waals surface area contributed by atoms with Gasteiger partial charge in [0, 0.05) is 6.04 Å². The summed E-state index contributed by atoms with van der Waals surface area (Å²) in [5.41, 5.74) is 0.937. The molecule has 1 aromatic rings. The Labute approximate surface area is 123 Å². The monoisotopic (exact) mass is 279 g/mol. The Kier molecular flexibility index (Phi) is 7.63. The number of aliphatic hydroxyl groups excluding tert-OH is 1. The van der Waals surface area contributed by atoms with Crippen LogP contribution in [0.5, 0.6) is 5.75 Å². The van der Waals surface area contributed by atoms with Gasteiger partial charge in [0.1, 0.15) is 5.75 Å². The molecule has 0 aliphatic carbocycles. The fourth-order valence-electron chi connectivity index (χ4n) is 2.36. The van der Waals surface area contributed by atoms with Crippen molar-refractivity contribution in [1.82, 2.24) is 5.32 Å². The van der Waals surface area contributed by atoms with Crippen LogP contribution in [0, 0.1) is 5.92 Å². The number of rotatable bonds is 9. The van der Waals surface area contributed by atoms with Crippen molar-refractivity contribution in [2.75, 3.05) is 13.7 Å². The van der Waals surface area contributed by atoms with Crippen LogP contribution in [0.4, 0.5) is 0 Å². The molecule has 0 spiro atoms. The van der Waals surface area contributed by atoms with Crippen LogP contribution in [-0.4, -0.2) is 24.8 Å². The van der Waals surface area contributed by atoms with Crippen LogP contribution >= 0.6 is 0 Å². The first kappa shape index (κ1) is 17.0. The number of nitrogens with one attached hydrogen (secondary N) is 1. The highest BCUT2D eigenvalue weighted by molar-refractivity contribution is 5.29. The van der Waals surface area contributed by atoms with Gasteiger partial charge in [0.15, 0.2) is 0 Å². The second-order valence-electron chi connectivity index (χ2n) is 5.65. The molecule has 0 aliphatic rings. The minimum atomic E-state index is -0.484. The zero-order valence-electron chi connectivity index (χ0n) is 13.2. The molecule has 2 N–H and O–H groups in total. The summed E-state index contributed by atoms with van der Waals surface area (Å²) in [6.07, 6.45) is 3.13. The number of aliphatic hydroxyl groups is 1. The van der Waals surface area contributed by atoms with Gasteiger partial charge < -0.3 is 15.2 Å². The van der Waals surface area contributed by atoms with E-state index in [1.165, 1.54) is 12.8 Å². The van der Waals surface area contributed by atoms with Gasteiger partial charge in [-0.25, -0.2) is 0 Å².